The third-order valence-electron chi connectivity index (χ3n) is 5.50. The van der Waals surface area contributed by atoms with E-state index in [1.54, 1.807) is 0 Å². The molecule has 0 aliphatic carbocycles. The molecular formula is C19H40. The summed E-state index contributed by atoms with van der Waals surface area (Å²) in [6.07, 6.45) is 9.69. The molecule has 0 saturated heterocycles. The number of hydrogen-bond donors (Lipinski definition) is 0. The van der Waals surface area contributed by atoms with Crippen LogP contribution in [0.4, 0.5) is 0 Å². The van der Waals surface area contributed by atoms with E-state index in [-0.39, 0.29) is 0 Å². The van der Waals surface area contributed by atoms with Crippen LogP contribution in [0.3, 0.4) is 0 Å². The molecule has 0 radical (unpaired) electrons. The lowest BCUT2D eigenvalue weighted by Crippen LogP contribution is -2.25. The molecule has 0 N–H and O–H groups in total. The van der Waals surface area contributed by atoms with E-state index in [0.29, 0.717) is 0 Å². The first-order valence-corrected chi connectivity index (χ1v) is 9.01. The second-order valence-electron chi connectivity index (χ2n) is 6.99. The van der Waals surface area contributed by atoms with E-state index >= 15 is 0 Å². The average molecular weight is 269 g/mol. The summed E-state index contributed by atoms with van der Waals surface area (Å²) < 4.78 is 0. The van der Waals surface area contributed by atoms with Crippen LogP contribution in [-0.2, 0) is 0 Å². The lowest BCUT2D eigenvalue weighted by molar-refractivity contribution is 0.159. The molecule has 0 aromatic carbocycles. The molecule has 0 aromatic heterocycles. The van der Waals surface area contributed by atoms with Crippen molar-refractivity contribution >= 4 is 0 Å². The topological polar surface area (TPSA) is 0 Å². The Kier molecular flexibility index (Phi) is 10.7. The van der Waals surface area contributed by atoms with Crippen molar-refractivity contribution in [3.8, 4) is 0 Å². The van der Waals surface area contributed by atoms with Crippen molar-refractivity contribution in [1.29, 1.82) is 0 Å². The first kappa shape index (κ1) is 19.0. The zero-order chi connectivity index (χ0) is 14.8. The van der Waals surface area contributed by atoms with Crippen molar-refractivity contribution in [1.82, 2.24) is 0 Å². The van der Waals surface area contributed by atoms with E-state index in [4.69, 9.17) is 0 Å². The Labute approximate surface area is 123 Å². The maximum Gasteiger partial charge on any atom is -0.0360 e. The number of rotatable bonds is 11. The molecule has 0 fully saturated rings. The van der Waals surface area contributed by atoms with Gasteiger partial charge in [0.2, 0.25) is 0 Å². The Balaban J connectivity index is 4.66. The molecule has 0 bridgehead atoms. The SMILES string of the molecule is CCCC(C)C(CC)CC(C(C)CC)C(C)CCC. The lowest BCUT2D eigenvalue weighted by Gasteiger charge is -2.34. The van der Waals surface area contributed by atoms with E-state index < -0.39 is 0 Å². The maximum absolute atomic E-state index is 2.50. The van der Waals surface area contributed by atoms with Crippen LogP contribution in [0.15, 0.2) is 0 Å². The predicted molar refractivity (Wildman–Crippen MR) is 89.5 cm³/mol. The summed E-state index contributed by atoms with van der Waals surface area (Å²) in [4.78, 5) is 0. The Hall–Kier alpha value is 0. The fraction of sp³-hybridized carbons (Fsp3) is 1.00. The lowest BCUT2D eigenvalue weighted by atomic mass is 9.71. The van der Waals surface area contributed by atoms with E-state index in [1.165, 1.54) is 44.9 Å². The minimum Gasteiger partial charge on any atom is -0.0654 e. The minimum absolute atomic E-state index is 0.893. The zero-order valence-electron chi connectivity index (χ0n) is 14.8. The smallest absolute Gasteiger partial charge is 0.0360 e. The van der Waals surface area contributed by atoms with Crippen LogP contribution in [0.25, 0.3) is 0 Å². The van der Waals surface area contributed by atoms with Crippen LogP contribution >= 0.6 is 0 Å². The average Bonchev–Trinajstić information content (AvgIpc) is 2.39. The molecule has 0 nitrogen and oxygen atoms in total. The summed E-state index contributed by atoms with van der Waals surface area (Å²) in [5.41, 5.74) is 0. The Morgan fingerprint density at radius 1 is 0.632 bits per heavy atom. The first-order chi connectivity index (χ1) is 9.01. The van der Waals surface area contributed by atoms with Crippen molar-refractivity contribution in [3.63, 3.8) is 0 Å². The molecule has 0 aromatic rings. The largest absolute Gasteiger partial charge is 0.0654 e. The predicted octanol–water partition coefficient (Wildman–Crippen LogP) is 6.94. The highest BCUT2D eigenvalue weighted by Gasteiger charge is 2.27. The van der Waals surface area contributed by atoms with E-state index in [9.17, 15) is 0 Å². The van der Waals surface area contributed by atoms with Crippen LogP contribution in [-0.4, -0.2) is 0 Å². The van der Waals surface area contributed by atoms with Gasteiger partial charge in [0.25, 0.3) is 0 Å². The molecule has 0 rings (SSSR count). The minimum atomic E-state index is 0.893. The summed E-state index contributed by atoms with van der Waals surface area (Å²) in [5.74, 6) is 4.59. The van der Waals surface area contributed by atoms with Crippen molar-refractivity contribution < 1.29 is 0 Å². The Morgan fingerprint density at radius 2 is 1.16 bits per heavy atom. The van der Waals surface area contributed by atoms with E-state index in [0.717, 1.165) is 29.6 Å². The molecule has 0 amide bonds. The van der Waals surface area contributed by atoms with Gasteiger partial charge in [-0.2, -0.15) is 0 Å². The second kappa shape index (κ2) is 10.7. The van der Waals surface area contributed by atoms with Crippen molar-refractivity contribution in [2.45, 2.75) is 93.4 Å². The van der Waals surface area contributed by atoms with E-state index in [2.05, 4.69) is 48.5 Å². The van der Waals surface area contributed by atoms with Gasteiger partial charge in [-0.1, -0.05) is 87.0 Å². The van der Waals surface area contributed by atoms with Gasteiger partial charge in [0, 0.05) is 0 Å². The molecule has 19 heavy (non-hydrogen) atoms. The highest BCUT2D eigenvalue weighted by atomic mass is 14.3. The van der Waals surface area contributed by atoms with Crippen LogP contribution in [0.1, 0.15) is 93.4 Å². The van der Waals surface area contributed by atoms with Gasteiger partial charge in [0.05, 0.1) is 0 Å². The van der Waals surface area contributed by atoms with Crippen LogP contribution < -0.4 is 0 Å². The zero-order valence-corrected chi connectivity index (χ0v) is 14.8. The van der Waals surface area contributed by atoms with Gasteiger partial charge in [-0.05, 0) is 36.0 Å². The molecule has 0 heteroatoms. The molecule has 5 unspecified atom stereocenters. The van der Waals surface area contributed by atoms with Gasteiger partial charge < -0.3 is 0 Å². The molecule has 0 spiro atoms. The van der Waals surface area contributed by atoms with Gasteiger partial charge in [0.15, 0.2) is 0 Å². The van der Waals surface area contributed by atoms with Gasteiger partial charge in [0.1, 0.15) is 0 Å². The van der Waals surface area contributed by atoms with Crippen LogP contribution in [0.5, 0.6) is 0 Å². The molecule has 116 valence electrons. The van der Waals surface area contributed by atoms with Crippen molar-refractivity contribution in [3.05, 3.63) is 0 Å². The summed E-state index contributed by atoms with van der Waals surface area (Å²) in [6, 6.07) is 0. The summed E-state index contributed by atoms with van der Waals surface area (Å²) >= 11 is 0. The van der Waals surface area contributed by atoms with Crippen molar-refractivity contribution in [2.75, 3.05) is 0 Å². The first-order valence-electron chi connectivity index (χ1n) is 9.01. The van der Waals surface area contributed by atoms with Gasteiger partial charge in [-0.25, -0.2) is 0 Å². The van der Waals surface area contributed by atoms with Crippen LogP contribution in [0, 0.1) is 29.6 Å². The van der Waals surface area contributed by atoms with Crippen LogP contribution in [0.2, 0.25) is 0 Å². The molecule has 0 aliphatic heterocycles. The Bertz CT molecular complexity index is 196. The summed E-state index contributed by atoms with van der Waals surface area (Å²) in [6.45, 7) is 16.9. The molecule has 0 aliphatic rings. The molecule has 5 atom stereocenters. The van der Waals surface area contributed by atoms with E-state index in [1.807, 2.05) is 0 Å². The second-order valence-corrected chi connectivity index (χ2v) is 6.99. The standard InChI is InChI=1S/C19H40/c1-8-12-16(6)18(11-4)14-19(15(5)10-3)17(7)13-9-2/h15-19H,8-14H2,1-7H3. The summed E-state index contributed by atoms with van der Waals surface area (Å²) in [5, 5.41) is 0. The fourth-order valence-electron chi connectivity index (χ4n) is 3.84. The normalized spacial score (nSPS) is 19.7. The maximum atomic E-state index is 2.50. The van der Waals surface area contributed by atoms with Gasteiger partial charge >= 0.3 is 0 Å². The van der Waals surface area contributed by atoms with Gasteiger partial charge in [-0.3, -0.25) is 0 Å². The fourth-order valence-corrected chi connectivity index (χ4v) is 3.84. The third kappa shape index (κ3) is 6.82. The third-order valence-corrected chi connectivity index (χ3v) is 5.50. The quantitative estimate of drug-likeness (QED) is 0.381. The van der Waals surface area contributed by atoms with Crippen molar-refractivity contribution in [2.24, 2.45) is 29.6 Å². The highest BCUT2D eigenvalue weighted by Crippen LogP contribution is 2.36. The molecular weight excluding hydrogens is 228 g/mol. The monoisotopic (exact) mass is 268 g/mol. The van der Waals surface area contributed by atoms with Gasteiger partial charge in [-0.15, -0.1) is 0 Å². The number of hydrogen-bond acceptors (Lipinski definition) is 0. The molecule has 0 heterocycles. The Morgan fingerprint density at radius 3 is 1.58 bits per heavy atom. The highest BCUT2D eigenvalue weighted by molar-refractivity contribution is 4.77. The summed E-state index contributed by atoms with van der Waals surface area (Å²) in [7, 11) is 0. The molecule has 0 saturated carbocycles.